The summed E-state index contributed by atoms with van der Waals surface area (Å²) in [6, 6.07) is 0. The van der Waals surface area contributed by atoms with Crippen molar-refractivity contribution in [1.82, 2.24) is 0 Å². The van der Waals surface area contributed by atoms with E-state index in [0.29, 0.717) is 0 Å². The molecule has 1 aliphatic carbocycles. The van der Waals surface area contributed by atoms with Crippen molar-refractivity contribution in [3.63, 3.8) is 0 Å². The third-order valence-corrected chi connectivity index (χ3v) is 0.937. The third-order valence-electron chi connectivity index (χ3n) is 0.937. The molecule has 0 aromatic carbocycles. The van der Waals surface area contributed by atoms with Gasteiger partial charge in [-0.15, -0.1) is 0 Å². The summed E-state index contributed by atoms with van der Waals surface area (Å²) in [5, 5.41) is 0. The second-order valence-electron chi connectivity index (χ2n) is 1.52. The zero-order valence-electron chi connectivity index (χ0n) is 3.89. The van der Waals surface area contributed by atoms with Gasteiger partial charge in [0.2, 0.25) is 5.83 Å². The normalized spacial score (nSPS) is 26.3. The van der Waals surface area contributed by atoms with Crippen molar-refractivity contribution in [3.05, 3.63) is 17.8 Å². The maximum Gasteiger partial charge on any atom is 0.345 e. The molecule has 0 nitrogen and oxygen atoms in total. The van der Waals surface area contributed by atoms with Crippen LogP contribution in [0.1, 0.15) is 0 Å². The molecule has 51 valence electrons. The van der Waals surface area contributed by atoms with Crippen LogP contribution in [-0.4, -0.2) is 5.92 Å². The minimum atomic E-state index is -4.30. The van der Waals surface area contributed by atoms with Crippen molar-refractivity contribution < 1.29 is 22.0 Å². The van der Waals surface area contributed by atoms with E-state index in [9.17, 15) is 22.0 Å². The molecular formula is C4F5. The molecule has 0 fully saturated rings. The largest absolute Gasteiger partial charge is 0.345 e. The number of hydrogen-bond donors (Lipinski definition) is 0. The molecule has 0 N–H and O–H groups in total. The van der Waals surface area contributed by atoms with Crippen LogP contribution in [-0.2, 0) is 0 Å². The van der Waals surface area contributed by atoms with Gasteiger partial charge in [-0.25, -0.2) is 13.2 Å². The monoisotopic (exact) mass is 143 g/mol. The molecule has 1 rings (SSSR count). The van der Waals surface area contributed by atoms with E-state index in [1.165, 1.54) is 0 Å². The van der Waals surface area contributed by atoms with E-state index in [-0.39, 0.29) is 0 Å². The molecule has 0 heterocycles. The Morgan fingerprint density at radius 3 is 1.56 bits per heavy atom. The summed E-state index contributed by atoms with van der Waals surface area (Å²) in [6.07, 6.45) is -2.32. The van der Waals surface area contributed by atoms with Crippen LogP contribution in [0.2, 0.25) is 0 Å². The zero-order valence-corrected chi connectivity index (χ0v) is 3.89. The number of hydrogen-bond acceptors (Lipinski definition) is 0. The van der Waals surface area contributed by atoms with Crippen molar-refractivity contribution in [2.45, 2.75) is 5.92 Å². The lowest BCUT2D eigenvalue weighted by Crippen LogP contribution is -2.34. The first-order valence-corrected chi connectivity index (χ1v) is 1.94. The molecule has 0 aliphatic heterocycles. The van der Waals surface area contributed by atoms with Gasteiger partial charge >= 0.3 is 5.92 Å². The molecule has 0 spiro atoms. The van der Waals surface area contributed by atoms with Crippen molar-refractivity contribution in [2.75, 3.05) is 0 Å². The topological polar surface area (TPSA) is 0 Å². The fraction of sp³-hybridized carbons (Fsp3) is 0.250. The molecule has 9 heavy (non-hydrogen) atoms. The number of halogens is 5. The van der Waals surface area contributed by atoms with Gasteiger partial charge in [-0.05, 0) is 0 Å². The molecule has 0 atom stereocenters. The lowest BCUT2D eigenvalue weighted by atomic mass is 10.0. The zero-order chi connectivity index (χ0) is 7.23. The van der Waals surface area contributed by atoms with Crippen LogP contribution in [0.25, 0.3) is 0 Å². The van der Waals surface area contributed by atoms with Crippen LogP contribution in [0, 0.1) is 6.17 Å². The van der Waals surface area contributed by atoms with E-state index < -0.39 is 23.7 Å². The van der Waals surface area contributed by atoms with Crippen molar-refractivity contribution in [2.24, 2.45) is 0 Å². The van der Waals surface area contributed by atoms with Crippen LogP contribution in [0.5, 0.6) is 0 Å². The summed E-state index contributed by atoms with van der Waals surface area (Å²) in [7, 11) is 0. The second kappa shape index (κ2) is 1.46. The smallest absolute Gasteiger partial charge is 0.224 e. The molecule has 0 unspecified atom stereocenters. The van der Waals surface area contributed by atoms with Crippen LogP contribution in [0.15, 0.2) is 11.7 Å². The summed E-state index contributed by atoms with van der Waals surface area (Å²) >= 11 is 0. The highest BCUT2D eigenvalue weighted by molar-refractivity contribution is 5.40. The second-order valence-corrected chi connectivity index (χ2v) is 1.52. The first-order chi connectivity index (χ1) is 3.98. The Bertz CT molecular complexity index is 170. The molecular weight excluding hydrogens is 143 g/mol. The van der Waals surface area contributed by atoms with Gasteiger partial charge in [0.25, 0.3) is 6.17 Å². The summed E-state index contributed by atoms with van der Waals surface area (Å²) in [5.74, 6) is -8.69. The first kappa shape index (κ1) is 6.51. The standard InChI is InChI=1S/C4F5/c5-1-2(6)4(8,9)3(1)7. The number of allylic oxidation sites excluding steroid dienone is 2. The highest BCUT2D eigenvalue weighted by Crippen LogP contribution is 2.52. The summed E-state index contributed by atoms with van der Waals surface area (Å²) in [4.78, 5) is 0. The summed E-state index contributed by atoms with van der Waals surface area (Å²) in [6.45, 7) is 0. The van der Waals surface area contributed by atoms with Crippen LogP contribution in [0.3, 0.4) is 0 Å². The lowest BCUT2D eigenvalue weighted by Gasteiger charge is -2.24. The van der Waals surface area contributed by atoms with Gasteiger partial charge in [-0.3, -0.25) is 0 Å². The molecule has 1 radical (unpaired) electrons. The lowest BCUT2D eigenvalue weighted by molar-refractivity contribution is -0.0332. The third kappa shape index (κ3) is 0.571. The maximum absolute atomic E-state index is 11.5. The Morgan fingerprint density at radius 2 is 1.44 bits per heavy atom. The molecule has 0 aromatic rings. The molecule has 0 aromatic heterocycles. The van der Waals surface area contributed by atoms with E-state index in [4.69, 9.17) is 0 Å². The van der Waals surface area contributed by atoms with Crippen LogP contribution < -0.4 is 0 Å². The van der Waals surface area contributed by atoms with Gasteiger partial charge < -0.3 is 0 Å². The molecule has 0 saturated heterocycles. The van der Waals surface area contributed by atoms with Gasteiger partial charge in [0.05, 0.1) is 0 Å². The average molecular weight is 143 g/mol. The Morgan fingerprint density at radius 1 is 1.00 bits per heavy atom. The Hall–Kier alpha value is -0.610. The summed E-state index contributed by atoms with van der Waals surface area (Å²) < 4.78 is 57.3. The Labute approximate surface area is 47.0 Å². The number of alkyl halides is 2. The van der Waals surface area contributed by atoms with E-state index in [1.54, 1.807) is 0 Å². The van der Waals surface area contributed by atoms with E-state index in [1.807, 2.05) is 0 Å². The van der Waals surface area contributed by atoms with Crippen molar-refractivity contribution >= 4 is 0 Å². The minimum Gasteiger partial charge on any atom is -0.224 e. The molecule has 1 aliphatic rings. The fourth-order valence-electron chi connectivity index (χ4n) is 0.406. The number of rotatable bonds is 0. The highest BCUT2D eigenvalue weighted by Gasteiger charge is 2.61. The van der Waals surface area contributed by atoms with E-state index in [0.717, 1.165) is 0 Å². The predicted octanol–water partition coefficient (Wildman–Crippen LogP) is 2.29. The quantitative estimate of drug-likeness (QED) is 0.456. The van der Waals surface area contributed by atoms with Gasteiger partial charge in [-0.2, -0.15) is 8.78 Å². The maximum atomic E-state index is 11.5. The minimum absolute atomic E-state index is 2.07. The molecule has 5 heteroatoms. The van der Waals surface area contributed by atoms with Crippen molar-refractivity contribution in [1.29, 1.82) is 0 Å². The Kier molecular flexibility index (Phi) is 1.05. The van der Waals surface area contributed by atoms with E-state index in [2.05, 4.69) is 0 Å². The Balaban J connectivity index is 2.92. The fourth-order valence-corrected chi connectivity index (χ4v) is 0.406. The predicted molar refractivity (Wildman–Crippen MR) is 18.5 cm³/mol. The van der Waals surface area contributed by atoms with Gasteiger partial charge in [0, 0.05) is 0 Å². The molecule has 0 bridgehead atoms. The van der Waals surface area contributed by atoms with E-state index >= 15 is 0 Å². The van der Waals surface area contributed by atoms with Gasteiger partial charge in [-0.1, -0.05) is 0 Å². The van der Waals surface area contributed by atoms with Crippen LogP contribution >= 0.6 is 0 Å². The highest BCUT2D eigenvalue weighted by atomic mass is 19.3. The van der Waals surface area contributed by atoms with Crippen molar-refractivity contribution in [3.8, 4) is 0 Å². The first-order valence-electron chi connectivity index (χ1n) is 1.94. The average Bonchev–Trinajstić information content (AvgIpc) is 1.84. The van der Waals surface area contributed by atoms with Gasteiger partial charge in [0.1, 0.15) is 0 Å². The molecule has 0 saturated carbocycles. The molecule has 0 amide bonds. The van der Waals surface area contributed by atoms with Crippen LogP contribution in [0.4, 0.5) is 22.0 Å². The van der Waals surface area contributed by atoms with Gasteiger partial charge in [0.15, 0.2) is 5.83 Å². The SMILES string of the molecule is F[C]1C(F)=C(F)C1(F)F. The summed E-state index contributed by atoms with van der Waals surface area (Å²) in [5.41, 5.74) is 0.